The van der Waals surface area contributed by atoms with Crippen molar-refractivity contribution in [2.75, 3.05) is 19.6 Å². The quantitative estimate of drug-likeness (QED) is 0.816. The van der Waals surface area contributed by atoms with Crippen LogP contribution in [0.4, 0.5) is 0 Å². The fraction of sp³-hybridized carbons (Fsp3) is 0.375. The van der Waals surface area contributed by atoms with Crippen molar-refractivity contribution in [2.45, 2.75) is 19.4 Å². The van der Waals surface area contributed by atoms with Crippen molar-refractivity contribution in [2.24, 2.45) is 0 Å². The van der Waals surface area contributed by atoms with Crippen LogP contribution in [-0.2, 0) is 0 Å². The standard InChI is InChI=1S/C16H18Cl2N4O/c1-16(2)9-19-5-6-22(16)21-15(23)12-8-14(18)20-13-4-3-10(17)7-11(12)13/h3-4,7-8,19H,5-6,9H2,1-2H3,(H,21,23). The lowest BCUT2D eigenvalue weighted by atomic mass is 10.0. The lowest BCUT2D eigenvalue weighted by Gasteiger charge is -2.42. The summed E-state index contributed by atoms with van der Waals surface area (Å²) in [6.45, 7) is 6.52. The predicted octanol–water partition coefficient (Wildman–Crippen LogP) is 2.87. The summed E-state index contributed by atoms with van der Waals surface area (Å²) in [5.74, 6) is -0.212. The van der Waals surface area contributed by atoms with Gasteiger partial charge < -0.3 is 5.32 Å². The van der Waals surface area contributed by atoms with Crippen LogP contribution >= 0.6 is 23.2 Å². The van der Waals surface area contributed by atoms with E-state index in [2.05, 4.69) is 29.6 Å². The minimum Gasteiger partial charge on any atom is -0.313 e. The van der Waals surface area contributed by atoms with E-state index < -0.39 is 0 Å². The highest BCUT2D eigenvalue weighted by molar-refractivity contribution is 6.32. The van der Waals surface area contributed by atoms with E-state index in [0.717, 1.165) is 19.6 Å². The van der Waals surface area contributed by atoms with Crippen LogP contribution in [0.2, 0.25) is 10.2 Å². The maximum Gasteiger partial charge on any atom is 0.266 e. The molecule has 1 aromatic heterocycles. The molecule has 7 heteroatoms. The van der Waals surface area contributed by atoms with Gasteiger partial charge in [-0.25, -0.2) is 9.99 Å². The largest absolute Gasteiger partial charge is 0.313 e. The monoisotopic (exact) mass is 352 g/mol. The summed E-state index contributed by atoms with van der Waals surface area (Å²) in [4.78, 5) is 17.0. The van der Waals surface area contributed by atoms with Crippen molar-refractivity contribution in [3.63, 3.8) is 0 Å². The molecule has 0 radical (unpaired) electrons. The number of rotatable bonds is 2. The molecule has 1 aliphatic heterocycles. The molecule has 23 heavy (non-hydrogen) atoms. The van der Waals surface area contributed by atoms with E-state index in [1.807, 2.05) is 5.01 Å². The predicted molar refractivity (Wildman–Crippen MR) is 92.9 cm³/mol. The molecule has 1 fully saturated rings. The molecule has 0 spiro atoms. The van der Waals surface area contributed by atoms with Crippen LogP contribution in [0, 0.1) is 0 Å². The molecule has 0 unspecified atom stereocenters. The van der Waals surface area contributed by atoms with Gasteiger partial charge in [0, 0.05) is 35.6 Å². The van der Waals surface area contributed by atoms with E-state index in [1.54, 1.807) is 24.3 Å². The number of aromatic nitrogens is 1. The smallest absolute Gasteiger partial charge is 0.266 e. The maximum atomic E-state index is 12.8. The summed E-state index contributed by atoms with van der Waals surface area (Å²) in [6, 6.07) is 6.80. The second kappa shape index (κ2) is 6.24. The molecule has 122 valence electrons. The van der Waals surface area contributed by atoms with Gasteiger partial charge >= 0.3 is 0 Å². The molecule has 2 heterocycles. The number of amides is 1. The second-order valence-electron chi connectivity index (χ2n) is 6.24. The minimum absolute atomic E-state index is 0.168. The first-order valence-corrected chi connectivity index (χ1v) is 8.17. The molecule has 0 saturated carbocycles. The topological polar surface area (TPSA) is 57.3 Å². The fourth-order valence-corrected chi connectivity index (χ4v) is 3.10. The molecular weight excluding hydrogens is 335 g/mol. The first-order chi connectivity index (χ1) is 10.9. The molecular formula is C16H18Cl2N4O. The van der Waals surface area contributed by atoms with Gasteiger partial charge in [0.05, 0.1) is 11.1 Å². The highest BCUT2D eigenvalue weighted by atomic mass is 35.5. The number of nitrogens with zero attached hydrogens (tertiary/aromatic N) is 2. The van der Waals surface area contributed by atoms with Crippen LogP contribution in [0.1, 0.15) is 24.2 Å². The zero-order chi connectivity index (χ0) is 16.6. The zero-order valence-electron chi connectivity index (χ0n) is 13.0. The van der Waals surface area contributed by atoms with Crippen molar-refractivity contribution in [3.8, 4) is 0 Å². The molecule has 1 amide bonds. The highest BCUT2D eigenvalue weighted by Crippen LogP contribution is 2.25. The van der Waals surface area contributed by atoms with Crippen LogP contribution in [0.3, 0.4) is 0 Å². The minimum atomic E-state index is -0.212. The van der Waals surface area contributed by atoms with E-state index in [-0.39, 0.29) is 16.6 Å². The molecule has 2 aromatic rings. The number of carbonyl (C=O) groups excluding carboxylic acids is 1. The van der Waals surface area contributed by atoms with Crippen LogP contribution < -0.4 is 10.7 Å². The molecule has 1 aromatic carbocycles. The van der Waals surface area contributed by atoms with Crippen molar-refractivity contribution in [3.05, 3.63) is 40.0 Å². The van der Waals surface area contributed by atoms with Gasteiger partial charge in [0.15, 0.2) is 0 Å². The van der Waals surface area contributed by atoms with Crippen LogP contribution in [0.25, 0.3) is 10.9 Å². The number of hydrazine groups is 1. The molecule has 1 saturated heterocycles. The molecule has 1 aliphatic rings. The zero-order valence-corrected chi connectivity index (χ0v) is 14.5. The van der Waals surface area contributed by atoms with Gasteiger partial charge in [0.1, 0.15) is 5.15 Å². The molecule has 2 N–H and O–H groups in total. The number of halogens is 2. The number of nitrogens with one attached hydrogen (secondary N) is 2. The van der Waals surface area contributed by atoms with Gasteiger partial charge in [-0.05, 0) is 38.1 Å². The van der Waals surface area contributed by atoms with Crippen LogP contribution in [0.15, 0.2) is 24.3 Å². The normalized spacial score (nSPS) is 18.1. The lowest BCUT2D eigenvalue weighted by molar-refractivity contribution is 0.0307. The lowest BCUT2D eigenvalue weighted by Crippen LogP contribution is -2.63. The maximum absolute atomic E-state index is 12.8. The number of benzene rings is 1. The van der Waals surface area contributed by atoms with Gasteiger partial charge in [-0.3, -0.25) is 10.2 Å². The Labute approximate surface area is 144 Å². The number of piperazine rings is 1. The van der Waals surface area contributed by atoms with Crippen molar-refractivity contribution in [1.29, 1.82) is 0 Å². The van der Waals surface area contributed by atoms with Gasteiger partial charge in [0.2, 0.25) is 0 Å². The number of carbonyl (C=O) groups is 1. The number of fused-ring (bicyclic) bond motifs is 1. The van der Waals surface area contributed by atoms with Gasteiger partial charge in [-0.15, -0.1) is 0 Å². The van der Waals surface area contributed by atoms with Gasteiger partial charge in [-0.1, -0.05) is 23.2 Å². The Hall–Kier alpha value is -1.40. The summed E-state index contributed by atoms with van der Waals surface area (Å²) in [7, 11) is 0. The third-order valence-corrected chi connectivity index (χ3v) is 4.45. The van der Waals surface area contributed by atoms with Crippen LogP contribution in [-0.4, -0.2) is 41.1 Å². The SMILES string of the molecule is CC1(C)CNCCN1NC(=O)c1cc(Cl)nc2ccc(Cl)cc12. The Balaban J connectivity index is 1.96. The van der Waals surface area contributed by atoms with Gasteiger partial charge in [-0.2, -0.15) is 0 Å². The number of hydrogen-bond acceptors (Lipinski definition) is 4. The summed E-state index contributed by atoms with van der Waals surface area (Å²) in [6.07, 6.45) is 0. The first-order valence-electron chi connectivity index (χ1n) is 7.42. The summed E-state index contributed by atoms with van der Waals surface area (Å²) in [5.41, 5.74) is 3.93. The molecule has 5 nitrogen and oxygen atoms in total. The van der Waals surface area contributed by atoms with E-state index in [4.69, 9.17) is 23.2 Å². The Morgan fingerprint density at radius 2 is 2.13 bits per heavy atom. The third-order valence-electron chi connectivity index (χ3n) is 4.02. The first kappa shape index (κ1) is 16.5. The van der Waals surface area contributed by atoms with E-state index in [1.165, 1.54) is 0 Å². The van der Waals surface area contributed by atoms with Crippen LogP contribution in [0.5, 0.6) is 0 Å². The van der Waals surface area contributed by atoms with Crippen molar-refractivity contribution < 1.29 is 4.79 Å². The van der Waals surface area contributed by atoms with E-state index in [9.17, 15) is 4.79 Å². The number of pyridine rings is 1. The second-order valence-corrected chi connectivity index (χ2v) is 7.06. The average Bonchev–Trinajstić information content (AvgIpc) is 2.49. The van der Waals surface area contributed by atoms with E-state index in [0.29, 0.717) is 21.5 Å². The molecule has 0 bridgehead atoms. The average molecular weight is 353 g/mol. The Bertz CT molecular complexity index is 763. The Kier molecular flexibility index (Phi) is 4.47. The highest BCUT2D eigenvalue weighted by Gasteiger charge is 2.31. The fourth-order valence-electron chi connectivity index (χ4n) is 2.73. The van der Waals surface area contributed by atoms with E-state index >= 15 is 0 Å². The van der Waals surface area contributed by atoms with Crippen molar-refractivity contribution in [1.82, 2.24) is 20.7 Å². The molecule has 0 atom stereocenters. The Morgan fingerprint density at radius 1 is 1.35 bits per heavy atom. The molecule has 3 rings (SSSR count). The van der Waals surface area contributed by atoms with Crippen molar-refractivity contribution >= 4 is 40.0 Å². The van der Waals surface area contributed by atoms with Gasteiger partial charge in [0.25, 0.3) is 5.91 Å². The summed E-state index contributed by atoms with van der Waals surface area (Å²) < 4.78 is 0. The summed E-state index contributed by atoms with van der Waals surface area (Å²) in [5, 5.41) is 6.80. The third kappa shape index (κ3) is 3.43. The Morgan fingerprint density at radius 3 is 2.87 bits per heavy atom. The summed E-state index contributed by atoms with van der Waals surface area (Å²) >= 11 is 12.1. The molecule has 0 aliphatic carbocycles. The number of hydrogen-bond donors (Lipinski definition) is 2.